The molecule has 136 valence electrons. The SMILES string of the molecule is Cc1ccc(C=NNc2cc(NN=Cc3ccc(C)cc3)nc(N)n2)cc1. The van der Waals surface area contributed by atoms with E-state index in [1.54, 1.807) is 18.5 Å². The van der Waals surface area contributed by atoms with Crippen molar-refractivity contribution in [1.82, 2.24) is 9.97 Å². The van der Waals surface area contributed by atoms with Crippen LogP contribution in [0, 0.1) is 13.8 Å². The molecule has 0 aliphatic rings. The number of nitrogens with two attached hydrogens (primary N) is 1. The Kier molecular flexibility index (Phi) is 5.73. The molecule has 1 aromatic heterocycles. The van der Waals surface area contributed by atoms with Gasteiger partial charge in [0, 0.05) is 6.07 Å². The van der Waals surface area contributed by atoms with Crippen LogP contribution in [0.2, 0.25) is 0 Å². The molecule has 0 atom stereocenters. The Morgan fingerprint density at radius 1 is 0.741 bits per heavy atom. The number of aromatic nitrogens is 2. The van der Waals surface area contributed by atoms with Crippen molar-refractivity contribution in [1.29, 1.82) is 0 Å². The molecule has 0 saturated carbocycles. The molecule has 0 unspecified atom stereocenters. The maximum atomic E-state index is 5.75. The summed E-state index contributed by atoms with van der Waals surface area (Å²) in [6, 6.07) is 17.7. The van der Waals surface area contributed by atoms with Gasteiger partial charge in [-0.25, -0.2) is 0 Å². The van der Waals surface area contributed by atoms with Gasteiger partial charge < -0.3 is 5.73 Å². The standard InChI is InChI=1S/C20H21N7/c1-14-3-7-16(8-4-14)12-22-26-18-11-19(25-20(21)24-18)27-23-13-17-9-5-15(2)6-10-17/h3-13H,1-2H3,(H4,21,24,25,26,27). The summed E-state index contributed by atoms with van der Waals surface area (Å²) < 4.78 is 0. The number of benzene rings is 2. The first-order valence-electron chi connectivity index (χ1n) is 8.44. The third kappa shape index (κ3) is 5.64. The number of anilines is 3. The normalized spacial score (nSPS) is 11.2. The predicted molar refractivity (Wildman–Crippen MR) is 111 cm³/mol. The van der Waals surface area contributed by atoms with Gasteiger partial charge in [-0.1, -0.05) is 59.7 Å². The zero-order valence-electron chi connectivity index (χ0n) is 15.2. The molecule has 3 rings (SSSR count). The summed E-state index contributed by atoms with van der Waals surface area (Å²) in [5, 5.41) is 8.35. The molecule has 0 radical (unpaired) electrons. The molecule has 1 heterocycles. The van der Waals surface area contributed by atoms with Crippen molar-refractivity contribution in [2.24, 2.45) is 10.2 Å². The van der Waals surface area contributed by atoms with Gasteiger partial charge in [0.2, 0.25) is 5.95 Å². The van der Waals surface area contributed by atoms with Crippen LogP contribution in [0.15, 0.2) is 64.8 Å². The summed E-state index contributed by atoms with van der Waals surface area (Å²) >= 11 is 0. The fourth-order valence-corrected chi connectivity index (χ4v) is 2.23. The quantitative estimate of drug-likeness (QED) is 0.461. The topological polar surface area (TPSA) is 101 Å². The number of hydrazone groups is 2. The van der Waals surface area contributed by atoms with Crippen LogP contribution in [0.3, 0.4) is 0 Å². The van der Waals surface area contributed by atoms with E-state index in [4.69, 9.17) is 5.73 Å². The fraction of sp³-hybridized carbons (Fsp3) is 0.100. The Morgan fingerprint density at radius 2 is 1.15 bits per heavy atom. The van der Waals surface area contributed by atoms with E-state index in [-0.39, 0.29) is 5.95 Å². The number of hydrogen-bond donors (Lipinski definition) is 3. The summed E-state index contributed by atoms with van der Waals surface area (Å²) in [7, 11) is 0. The minimum Gasteiger partial charge on any atom is -0.368 e. The minimum atomic E-state index is 0.124. The molecule has 7 heteroatoms. The lowest BCUT2D eigenvalue weighted by Gasteiger charge is -2.04. The highest BCUT2D eigenvalue weighted by Crippen LogP contribution is 2.12. The molecule has 0 aliphatic carbocycles. The number of nitrogens with one attached hydrogen (secondary N) is 2. The Bertz CT molecular complexity index is 869. The third-order valence-corrected chi connectivity index (χ3v) is 3.68. The molecular weight excluding hydrogens is 338 g/mol. The van der Waals surface area contributed by atoms with Crippen molar-refractivity contribution in [2.45, 2.75) is 13.8 Å². The Labute approximate surface area is 158 Å². The van der Waals surface area contributed by atoms with Crippen LogP contribution in [-0.2, 0) is 0 Å². The molecule has 4 N–H and O–H groups in total. The van der Waals surface area contributed by atoms with Crippen molar-refractivity contribution in [3.8, 4) is 0 Å². The Hall–Kier alpha value is -3.74. The Balaban J connectivity index is 1.63. The molecule has 0 aliphatic heterocycles. The van der Waals surface area contributed by atoms with E-state index in [2.05, 4.69) is 31.0 Å². The summed E-state index contributed by atoms with van der Waals surface area (Å²) in [5.41, 5.74) is 15.8. The monoisotopic (exact) mass is 359 g/mol. The second kappa shape index (κ2) is 8.57. The van der Waals surface area contributed by atoms with E-state index in [9.17, 15) is 0 Å². The van der Waals surface area contributed by atoms with Gasteiger partial charge in [0.25, 0.3) is 0 Å². The van der Waals surface area contributed by atoms with Gasteiger partial charge >= 0.3 is 0 Å². The number of nitrogens with zero attached hydrogens (tertiary/aromatic N) is 4. The maximum absolute atomic E-state index is 5.75. The fourth-order valence-electron chi connectivity index (χ4n) is 2.23. The van der Waals surface area contributed by atoms with Crippen LogP contribution in [0.25, 0.3) is 0 Å². The van der Waals surface area contributed by atoms with E-state index in [0.29, 0.717) is 11.6 Å². The average molecular weight is 359 g/mol. The smallest absolute Gasteiger partial charge is 0.224 e. The lowest BCUT2D eigenvalue weighted by Crippen LogP contribution is -2.03. The van der Waals surface area contributed by atoms with Gasteiger partial charge in [-0.2, -0.15) is 20.2 Å². The minimum absolute atomic E-state index is 0.124. The van der Waals surface area contributed by atoms with E-state index >= 15 is 0 Å². The van der Waals surface area contributed by atoms with Crippen LogP contribution in [0.5, 0.6) is 0 Å². The molecule has 0 spiro atoms. The van der Waals surface area contributed by atoms with E-state index in [1.165, 1.54) is 11.1 Å². The van der Waals surface area contributed by atoms with Gasteiger partial charge in [-0.05, 0) is 25.0 Å². The van der Waals surface area contributed by atoms with Gasteiger partial charge in [0.1, 0.15) is 0 Å². The van der Waals surface area contributed by atoms with E-state index in [1.807, 2.05) is 62.4 Å². The second-order valence-electron chi connectivity index (χ2n) is 6.06. The molecular formula is C20H21N7. The Morgan fingerprint density at radius 3 is 1.56 bits per heavy atom. The van der Waals surface area contributed by atoms with Gasteiger partial charge in [-0.15, -0.1) is 0 Å². The predicted octanol–water partition coefficient (Wildman–Crippen LogP) is 3.57. The summed E-state index contributed by atoms with van der Waals surface area (Å²) in [5.74, 6) is 1.07. The molecule has 0 bridgehead atoms. The van der Waals surface area contributed by atoms with Gasteiger partial charge in [0.05, 0.1) is 12.4 Å². The molecule has 3 aromatic rings. The zero-order chi connectivity index (χ0) is 19.1. The number of hydrogen-bond acceptors (Lipinski definition) is 7. The van der Waals surface area contributed by atoms with Crippen LogP contribution < -0.4 is 16.6 Å². The van der Waals surface area contributed by atoms with Crippen LogP contribution in [0.1, 0.15) is 22.3 Å². The molecule has 0 saturated heterocycles. The highest BCUT2D eigenvalue weighted by molar-refractivity contribution is 5.81. The molecule has 27 heavy (non-hydrogen) atoms. The summed E-state index contributed by atoms with van der Waals surface area (Å²) in [4.78, 5) is 8.21. The first kappa shape index (κ1) is 18.1. The van der Waals surface area contributed by atoms with Crippen LogP contribution in [-0.4, -0.2) is 22.4 Å². The number of nitrogen functional groups attached to an aromatic ring is 1. The molecule has 0 amide bonds. The van der Waals surface area contributed by atoms with Crippen molar-refractivity contribution in [3.63, 3.8) is 0 Å². The molecule has 7 nitrogen and oxygen atoms in total. The number of rotatable bonds is 6. The average Bonchev–Trinajstić information content (AvgIpc) is 2.65. The lowest BCUT2D eigenvalue weighted by atomic mass is 10.2. The lowest BCUT2D eigenvalue weighted by molar-refractivity contribution is 1.13. The third-order valence-electron chi connectivity index (χ3n) is 3.68. The van der Waals surface area contributed by atoms with Crippen molar-refractivity contribution < 1.29 is 0 Å². The zero-order valence-corrected chi connectivity index (χ0v) is 15.2. The van der Waals surface area contributed by atoms with Crippen LogP contribution in [0.4, 0.5) is 17.6 Å². The summed E-state index contributed by atoms with van der Waals surface area (Å²) in [6.07, 6.45) is 3.42. The van der Waals surface area contributed by atoms with E-state index in [0.717, 1.165) is 11.1 Å². The molecule has 2 aromatic carbocycles. The largest absolute Gasteiger partial charge is 0.368 e. The first-order valence-corrected chi connectivity index (χ1v) is 8.44. The van der Waals surface area contributed by atoms with Gasteiger partial charge in [-0.3, -0.25) is 10.9 Å². The molecule has 0 fully saturated rings. The maximum Gasteiger partial charge on any atom is 0.224 e. The van der Waals surface area contributed by atoms with Crippen LogP contribution >= 0.6 is 0 Å². The van der Waals surface area contributed by atoms with Crippen molar-refractivity contribution >= 4 is 30.0 Å². The summed E-state index contributed by atoms with van der Waals surface area (Å²) in [6.45, 7) is 4.08. The number of aryl methyl sites for hydroxylation is 2. The van der Waals surface area contributed by atoms with E-state index < -0.39 is 0 Å². The van der Waals surface area contributed by atoms with Gasteiger partial charge in [0.15, 0.2) is 11.6 Å². The second-order valence-corrected chi connectivity index (χ2v) is 6.06. The highest BCUT2D eigenvalue weighted by atomic mass is 15.3. The highest BCUT2D eigenvalue weighted by Gasteiger charge is 2.00. The van der Waals surface area contributed by atoms with Crippen molar-refractivity contribution in [3.05, 3.63) is 76.9 Å². The first-order chi connectivity index (χ1) is 13.1. The van der Waals surface area contributed by atoms with Crippen molar-refractivity contribution in [2.75, 3.05) is 16.6 Å².